The van der Waals surface area contributed by atoms with E-state index in [4.69, 9.17) is 9.84 Å². The molecule has 3 aliphatic rings. The molecule has 0 saturated carbocycles. The number of carbonyl (C=O) groups is 4. The molecule has 8 rings (SSSR count). The molecule has 14 heteroatoms. The first-order valence-electron chi connectivity index (χ1n) is 18.3. The summed E-state index contributed by atoms with van der Waals surface area (Å²) in [6, 6.07) is 20.2. The van der Waals surface area contributed by atoms with E-state index in [9.17, 15) is 19.2 Å². The highest BCUT2D eigenvalue weighted by molar-refractivity contribution is 6.05. The fourth-order valence-electron chi connectivity index (χ4n) is 7.57. The van der Waals surface area contributed by atoms with E-state index in [0.29, 0.717) is 30.0 Å². The predicted molar refractivity (Wildman–Crippen MR) is 204 cm³/mol. The van der Waals surface area contributed by atoms with Gasteiger partial charge in [-0.1, -0.05) is 20.8 Å². The van der Waals surface area contributed by atoms with Crippen LogP contribution in [-0.2, 0) is 21.5 Å². The lowest BCUT2D eigenvalue weighted by Gasteiger charge is -2.34. The summed E-state index contributed by atoms with van der Waals surface area (Å²) in [6.07, 6.45) is 3.93. The molecule has 0 bridgehead atoms. The van der Waals surface area contributed by atoms with Gasteiger partial charge in [-0.2, -0.15) is 5.10 Å². The lowest BCUT2D eigenvalue weighted by Crippen LogP contribution is -2.52. The van der Waals surface area contributed by atoms with Crippen LogP contribution in [0.1, 0.15) is 74.1 Å². The number of benzene rings is 3. The Morgan fingerprint density at radius 3 is 2.39 bits per heavy atom. The number of piperidine rings is 2. The van der Waals surface area contributed by atoms with E-state index >= 15 is 0 Å². The molecular formula is C40H43N9O5. The van der Waals surface area contributed by atoms with Crippen molar-refractivity contribution in [2.24, 2.45) is 0 Å². The molecule has 54 heavy (non-hydrogen) atoms. The molecule has 278 valence electrons. The SMILES string of the molecule is COc1ccc2c(c1)ncn2-c1ccc(NC(=O)Nc2cc(C(C)(C)C)nn2C2CCN(c3ccc4c(c3)CN(C3CCC(=O)NC3=O)C4=O)CC2)cc1. The zero-order valence-corrected chi connectivity index (χ0v) is 30.8. The molecule has 3 aliphatic heterocycles. The third kappa shape index (κ3) is 6.63. The quantitative estimate of drug-likeness (QED) is 0.178. The van der Waals surface area contributed by atoms with E-state index in [1.807, 2.05) is 76.0 Å². The molecule has 2 saturated heterocycles. The van der Waals surface area contributed by atoms with Gasteiger partial charge >= 0.3 is 6.03 Å². The minimum atomic E-state index is -0.640. The summed E-state index contributed by atoms with van der Waals surface area (Å²) in [5.74, 6) is 0.496. The maximum absolute atomic E-state index is 13.4. The first-order chi connectivity index (χ1) is 25.9. The van der Waals surface area contributed by atoms with E-state index in [0.717, 1.165) is 65.3 Å². The van der Waals surface area contributed by atoms with Gasteiger partial charge in [0.15, 0.2) is 0 Å². The van der Waals surface area contributed by atoms with Crippen LogP contribution in [0.15, 0.2) is 73.1 Å². The van der Waals surface area contributed by atoms with Crippen molar-refractivity contribution >= 4 is 52.0 Å². The van der Waals surface area contributed by atoms with Gasteiger partial charge in [0.1, 0.15) is 23.9 Å². The zero-order valence-electron chi connectivity index (χ0n) is 30.8. The molecule has 0 radical (unpaired) electrons. The number of carbonyl (C=O) groups excluding carboxylic acids is 4. The highest BCUT2D eigenvalue weighted by Gasteiger charge is 2.39. The number of imide groups is 1. The Labute approximate surface area is 312 Å². The second-order valence-electron chi connectivity index (χ2n) is 15.2. The van der Waals surface area contributed by atoms with Gasteiger partial charge in [-0.05, 0) is 79.4 Å². The van der Waals surface area contributed by atoms with Crippen molar-refractivity contribution < 1.29 is 23.9 Å². The van der Waals surface area contributed by atoms with Crippen LogP contribution in [0.4, 0.5) is 22.0 Å². The van der Waals surface area contributed by atoms with Crippen molar-refractivity contribution in [1.82, 2.24) is 29.5 Å². The summed E-state index contributed by atoms with van der Waals surface area (Å²) in [7, 11) is 1.63. The van der Waals surface area contributed by atoms with Crippen molar-refractivity contribution in [3.63, 3.8) is 0 Å². The molecule has 0 spiro atoms. The van der Waals surface area contributed by atoms with Crippen LogP contribution >= 0.6 is 0 Å². The number of nitrogens with one attached hydrogen (secondary N) is 3. The molecule has 3 N–H and O–H groups in total. The number of nitrogens with zero attached hydrogens (tertiary/aromatic N) is 6. The number of amides is 5. The first kappa shape index (κ1) is 34.9. The standard InChI is InChI=1S/C40H43N9O5/c1-40(2,3)34-21-35(43-39(53)42-25-5-7-26(8-6-25)48-23-41-31-20-29(54-4)10-12-32(31)48)49(45-34)27-15-17-46(18-16-27)28-9-11-30-24(19-28)22-47(38(30)52)33-13-14-36(50)44-37(33)51/h5-12,19-21,23,27,33H,13-18,22H2,1-4H3,(H2,42,43,53)(H,44,50,51). The Morgan fingerprint density at radius 2 is 1.67 bits per heavy atom. The number of rotatable bonds is 7. The second kappa shape index (κ2) is 13.7. The Hall–Kier alpha value is -6.18. The lowest BCUT2D eigenvalue weighted by molar-refractivity contribution is -0.136. The number of imidazole rings is 1. The summed E-state index contributed by atoms with van der Waals surface area (Å²) >= 11 is 0. The molecule has 3 aromatic carbocycles. The zero-order chi connectivity index (χ0) is 37.7. The van der Waals surface area contributed by atoms with Crippen molar-refractivity contribution in [3.05, 3.63) is 89.9 Å². The van der Waals surface area contributed by atoms with E-state index in [1.54, 1.807) is 18.3 Å². The minimum Gasteiger partial charge on any atom is -0.497 e. The number of fused-ring (bicyclic) bond motifs is 2. The van der Waals surface area contributed by atoms with Crippen molar-refractivity contribution in [2.75, 3.05) is 35.7 Å². The number of hydrogen-bond donors (Lipinski definition) is 3. The van der Waals surface area contributed by atoms with Crippen molar-refractivity contribution in [1.29, 1.82) is 0 Å². The summed E-state index contributed by atoms with van der Waals surface area (Å²) in [5, 5.41) is 13.4. The minimum absolute atomic E-state index is 0.0657. The second-order valence-corrected chi connectivity index (χ2v) is 15.2. The first-order valence-corrected chi connectivity index (χ1v) is 18.3. The maximum atomic E-state index is 13.4. The summed E-state index contributed by atoms with van der Waals surface area (Å²) in [4.78, 5) is 59.1. The van der Waals surface area contributed by atoms with Gasteiger partial charge < -0.3 is 19.9 Å². The maximum Gasteiger partial charge on any atom is 0.324 e. The highest BCUT2D eigenvalue weighted by Crippen LogP contribution is 2.35. The highest BCUT2D eigenvalue weighted by atomic mass is 16.5. The van der Waals surface area contributed by atoms with Gasteiger partial charge in [-0.15, -0.1) is 0 Å². The predicted octanol–water partition coefficient (Wildman–Crippen LogP) is 5.77. The average molecular weight is 730 g/mol. The molecular weight excluding hydrogens is 686 g/mol. The van der Waals surface area contributed by atoms with Crippen molar-refractivity contribution in [2.45, 2.75) is 70.5 Å². The molecule has 5 amide bonds. The number of methoxy groups -OCH3 is 1. The summed E-state index contributed by atoms with van der Waals surface area (Å²) in [5.41, 5.74) is 6.51. The van der Waals surface area contributed by atoms with Gasteiger partial charge in [0.05, 0.1) is 29.9 Å². The summed E-state index contributed by atoms with van der Waals surface area (Å²) < 4.78 is 9.26. The van der Waals surface area contributed by atoms with Crippen LogP contribution in [0.2, 0.25) is 0 Å². The number of anilines is 3. The normalized spacial score (nSPS) is 17.9. The van der Waals surface area contributed by atoms with E-state index in [-0.39, 0.29) is 35.7 Å². The third-order valence-corrected chi connectivity index (χ3v) is 10.6. The third-order valence-electron chi connectivity index (χ3n) is 10.6. The lowest BCUT2D eigenvalue weighted by atomic mass is 9.92. The number of hydrogen-bond acceptors (Lipinski definition) is 8. The average Bonchev–Trinajstić information content (AvgIpc) is 3.87. The topological polar surface area (TPSA) is 156 Å². The van der Waals surface area contributed by atoms with Gasteiger partial charge in [-0.3, -0.25) is 29.6 Å². The van der Waals surface area contributed by atoms with Crippen LogP contribution in [0, 0.1) is 0 Å². The van der Waals surface area contributed by atoms with Gasteiger partial charge in [0, 0.05) is 66.2 Å². The Balaban J connectivity index is 0.924. The van der Waals surface area contributed by atoms with Crippen LogP contribution < -0.4 is 25.6 Å². The fraction of sp³-hybridized carbons (Fsp3) is 0.350. The Bertz CT molecular complexity index is 2280. The number of urea groups is 1. The van der Waals surface area contributed by atoms with E-state index < -0.39 is 11.9 Å². The molecule has 2 fully saturated rings. The van der Waals surface area contributed by atoms with Crippen LogP contribution in [0.25, 0.3) is 16.7 Å². The van der Waals surface area contributed by atoms with Crippen LogP contribution in [0.5, 0.6) is 5.75 Å². The van der Waals surface area contributed by atoms with E-state index in [1.165, 1.54) is 0 Å². The Kier molecular flexibility index (Phi) is 8.83. The molecule has 1 atom stereocenters. The van der Waals surface area contributed by atoms with Gasteiger partial charge in [0.25, 0.3) is 5.91 Å². The number of aromatic nitrogens is 4. The smallest absolute Gasteiger partial charge is 0.324 e. The summed E-state index contributed by atoms with van der Waals surface area (Å²) in [6.45, 7) is 8.18. The molecule has 5 aromatic rings. The van der Waals surface area contributed by atoms with Crippen LogP contribution in [-0.4, -0.2) is 74.2 Å². The number of ether oxygens (including phenoxy) is 1. The molecule has 1 unspecified atom stereocenters. The largest absolute Gasteiger partial charge is 0.497 e. The monoisotopic (exact) mass is 729 g/mol. The fourth-order valence-corrected chi connectivity index (χ4v) is 7.57. The van der Waals surface area contributed by atoms with Crippen molar-refractivity contribution in [3.8, 4) is 11.4 Å². The Morgan fingerprint density at radius 1 is 0.907 bits per heavy atom. The molecule has 14 nitrogen and oxygen atoms in total. The molecule has 0 aliphatic carbocycles. The molecule has 5 heterocycles. The van der Waals surface area contributed by atoms with E-state index in [2.05, 4.69) is 46.6 Å². The molecule has 2 aromatic heterocycles. The van der Waals surface area contributed by atoms with Crippen LogP contribution in [0.3, 0.4) is 0 Å². The van der Waals surface area contributed by atoms with Gasteiger partial charge in [0.2, 0.25) is 11.8 Å². The van der Waals surface area contributed by atoms with Gasteiger partial charge in [-0.25, -0.2) is 14.5 Å².